The minimum atomic E-state index is -4.53. The monoisotopic (exact) mass is 284 g/mol. The van der Waals surface area contributed by atoms with Crippen molar-refractivity contribution >= 4 is 12.2 Å². The van der Waals surface area contributed by atoms with Crippen molar-refractivity contribution in [2.45, 2.75) is 19.5 Å². The topological polar surface area (TPSA) is 28.7 Å². The number of hydrogen-bond acceptors (Lipinski definition) is 2. The molecule has 1 heterocycles. The molecule has 0 unspecified atom stereocenters. The van der Waals surface area contributed by atoms with E-state index in [1.54, 1.807) is 12.1 Å². The Kier molecular flexibility index (Phi) is 3.71. The number of aryl methyl sites for hydroxylation is 1. The molecule has 0 atom stereocenters. The number of aromatic amines is 1. The molecule has 0 bridgehead atoms. The van der Waals surface area contributed by atoms with Crippen LogP contribution in [0.2, 0.25) is 0 Å². The minimum absolute atomic E-state index is 0.0827. The van der Waals surface area contributed by atoms with Gasteiger partial charge in [0.15, 0.2) is 0 Å². The van der Waals surface area contributed by atoms with Crippen LogP contribution in [-0.2, 0) is 12.6 Å². The highest BCUT2D eigenvalue weighted by Gasteiger charge is 2.34. The van der Waals surface area contributed by atoms with Crippen LogP contribution in [-0.4, -0.2) is 9.97 Å². The molecule has 0 aliphatic rings. The average Bonchev–Trinajstić information content (AvgIpc) is 2.37. The molecule has 0 spiro atoms. The van der Waals surface area contributed by atoms with Gasteiger partial charge in [0.05, 0.1) is 0 Å². The van der Waals surface area contributed by atoms with Crippen LogP contribution in [0.15, 0.2) is 30.3 Å². The summed E-state index contributed by atoms with van der Waals surface area (Å²) in [6.45, 7) is 2.01. The van der Waals surface area contributed by atoms with E-state index in [0.717, 1.165) is 12.0 Å². The van der Waals surface area contributed by atoms with Crippen molar-refractivity contribution in [2.75, 3.05) is 0 Å². The van der Waals surface area contributed by atoms with Gasteiger partial charge in [0.2, 0.25) is 5.82 Å². The van der Waals surface area contributed by atoms with Gasteiger partial charge < -0.3 is 4.98 Å². The first-order valence-corrected chi connectivity index (χ1v) is 6.09. The van der Waals surface area contributed by atoms with Gasteiger partial charge in [0.1, 0.15) is 4.64 Å². The second-order valence-electron chi connectivity index (χ2n) is 4.03. The molecule has 0 amide bonds. The van der Waals surface area contributed by atoms with Crippen molar-refractivity contribution in [2.24, 2.45) is 0 Å². The summed E-state index contributed by atoms with van der Waals surface area (Å²) in [7, 11) is 0. The van der Waals surface area contributed by atoms with E-state index < -0.39 is 12.0 Å². The zero-order chi connectivity index (χ0) is 14.0. The molecule has 0 aliphatic carbocycles. The zero-order valence-corrected chi connectivity index (χ0v) is 10.9. The van der Waals surface area contributed by atoms with Gasteiger partial charge in [-0.3, -0.25) is 0 Å². The molecule has 2 nitrogen and oxygen atoms in total. The summed E-state index contributed by atoms with van der Waals surface area (Å²) < 4.78 is 37.8. The van der Waals surface area contributed by atoms with Crippen LogP contribution in [0.3, 0.4) is 0 Å². The number of hydrogen-bond donors (Lipinski definition) is 1. The van der Waals surface area contributed by atoms with Crippen LogP contribution < -0.4 is 0 Å². The van der Waals surface area contributed by atoms with Gasteiger partial charge in [-0.05, 0) is 23.6 Å². The average molecular weight is 284 g/mol. The first-order valence-electron chi connectivity index (χ1n) is 5.68. The number of H-pyrrole nitrogens is 1. The molecule has 6 heteroatoms. The highest BCUT2D eigenvalue weighted by atomic mass is 32.1. The van der Waals surface area contributed by atoms with Crippen molar-refractivity contribution < 1.29 is 13.2 Å². The molecule has 1 aromatic carbocycles. The standard InChI is InChI=1S/C13H11F3N2S/c1-2-8-3-5-9(6-4-8)10-7-11(19)18-12(17-10)13(14,15)16/h3-7H,2H2,1H3,(H,17,18,19). The number of nitrogens with one attached hydrogen (secondary N) is 1. The first-order chi connectivity index (χ1) is 8.90. The summed E-state index contributed by atoms with van der Waals surface area (Å²) in [4.78, 5) is 5.57. The van der Waals surface area contributed by atoms with Crippen molar-refractivity contribution in [3.05, 3.63) is 46.4 Å². The van der Waals surface area contributed by atoms with Crippen LogP contribution in [0.1, 0.15) is 18.3 Å². The fraction of sp³-hybridized carbons (Fsp3) is 0.231. The van der Waals surface area contributed by atoms with Gasteiger partial charge in [-0.15, -0.1) is 0 Å². The lowest BCUT2D eigenvalue weighted by atomic mass is 10.1. The molecular weight excluding hydrogens is 273 g/mol. The summed E-state index contributed by atoms with van der Waals surface area (Å²) in [5.74, 6) is -1.07. The molecule has 100 valence electrons. The van der Waals surface area contributed by atoms with Crippen molar-refractivity contribution in [3.63, 3.8) is 0 Å². The zero-order valence-electron chi connectivity index (χ0n) is 10.1. The second kappa shape index (κ2) is 5.13. The predicted octanol–water partition coefficient (Wildman–Crippen LogP) is 4.39. The Morgan fingerprint density at radius 3 is 2.37 bits per heavy atom. The maximum Gasteiger partial charge on any atom is 0.449 e. The van der Waals surface area contributed by atoms with E-state index in [9.17, 15) is 13.2 Å². The lowest BCUT2D eigenvalue weighted by molar-refractivity contribution is -0.144. The fourth-order valence-corrected chi connectivity index (χ4v) is 1.88. The largest absolute Gasteiger partial charge is 0.449 e. The lowest BCUT2D eigenvalue weighted by Gasteiger charge is -2.09. The Morgan fingerprint density at radius 1 is 1.21 bits per heavy atom. The third-order valence-corrected chi connectivity index (χ3v) is 2.89. The molecule has 19 heavy (non-hydrogen) atoms. The molecule has 0 radical (unpaired) electrons. The predicted molar refractivity (Wildman–Crippen MR) is 69.2 cm³/mol. The summed E-state index contributed by atoms with van der Waals surface area (Å²) in [5, 5.41) is 0. The molecule has 0 saturated carbocycles. The Hall–Kier alpha value is -1.69. The molecule has 2 aromatic rings. The Bertz CT molecular complexity index is 630. The summed E-state index contributed by atoms with van der Waals surface area (Å²) in [5.41, 5.74) is 2.08. The van der Waals surface area contributed by atoms with E-state index in [4.69, 9.17) is 12.2 Å². The lowest BCUT2D eigenvalue weighted by Crippen LogP contribution is -2.11. The van der Waals surface area contributed by atoms with Crippen LogP contribution in [0.5, 0.6) is 0 Å². The molecule has 2 rings (SSSR count). The van der Waals surface area contributed by atoms with E-state index in [1.807, 2.05) is 19.1 Å². The van der Waals surface area contributed by atoms with E-state index in [-0.39, 0.29) is 4.64 Å². The number of alkyl halides is 3. The maximum absolute atomic E-state index is 12.6. The normalized spacial score (nSPS) is 11.6. The number of rotatable bonds is 2. The van der Waals surface area contributed by atoms with Crippen molar-refractivity contribution in [1.29, 1.82) is 0 Å². The van der Waals surface area contributed by atoms with E-state index in [1.165, 1.54) is 6.07 Å². The van der Waals surface area contributed by atoms with Gasteiger partial charge in [0.25, 0.3) is 0 Å². The molecular formula is C13H11F3N2S. The highest BCUT2D eigenvalue weighted by molar-refractivity contribution is 7.71. The molecule has 1 aromatic heterocycles. The van der Waals surface area contributed by atoms with Gasteiger partial charge in [-0.1, -0.05) is 43.4 Å². The Balaban J connectivity index is 2.49. The molecule has 1 N–H and O–H groups in total. The third-order valence-electron chi connectivity index (χ3n) is 2.68. The Morgan fingerprint density at radius 2 is 1.84 bits per heavy atom. The minimum Gasteiger partial charge on any atom is -0.336 e. The van der Waals surface area contributed by atoms with Gasteiger partial charge >= 0.3 is 6.18 Å². The SMILES string of the molecule is CCc1ccc(-c2cc(=S)nc(C(F)(F)F)[nH]2)cc1. The van der Waals surface area contributed by atoms with E-state index >= 15 is 0 Å². The van der Waals surface area contributed by atoms with Crippen molar-refractivity contribution in [3.8, 4) is 11.3 Å². The summed E-state index contributed by atoms with van der Waals surface area (Å²) in [6.07, 6.45) is -3.66. The number of aromatic nitrogens is 2. The second-order valence-corrected chi connectivity index (χ2v) is 4.45. The summed E-state index contributed by atoms with van der Waals surface area (Å²) >= 11 is 4.77. The van der Waals surface area contributed by atoms with Crippen molar-refractivity contribution in [1.82, 2.24) is 9.97 Å². The van der Waals surface area contributed by atoms with Gasteiger partial charge in [-0.25, -0.2) is 4.98 Å². The van der Waals surface area contributed by atoms with E-state index in [0.29, 0.717) is 11.3 Å². The molecule has 0 aliphatic heterocycles. The first kappa shape index (κ1) is 13.7. The van der Waals surface area contributed by atoms with Crippen LogP contribution in [0.25, 0.3) is 11.3 Å². The fourth-order valence-electron chi connectivity index (χ4n) is 1.67. The summed E-state index contributed by atoms with van der Waals surface area (Å²) in [6, 6.07) is 8.70. The maximum atomic E-state index is 12.6. The third kappa shape index (κ3) is 3.20. The van der Waals surface area contributed by atoms with E-state index in [2.05, 4.69) is 9.97 Å². The quantitative estimate of drug-likeness (QED) is 0.829. The van der Waals surface area contributed by atoms with Gasteiger partial charge in [0, 0.05) is 5.69 Å². The van der Waals surface area contributed by atoms with Crippen LogP contribution in [0.4, 0.5) is 13.2 Å². The van der Waals surface area contributed by atoms with Gasteiger partial charge in [-0.2, -0.15) is 13.2 Å². The Labute approximate surface area is 113 Å². The molecule has 0 saturated heterocycles. The van der Waals surface area contributed by atoms with Crippen LogP contribution in [0, 0.1) is 4.64 Å². The smallest absolute Gasteiger partial charge is 0.336 e. The highest BCUT2D eigenvalue weighted by Crippen LogP contribution is 2.28. The number of nitrogens with zero attached hydrogens (tertiary/aromatic N) is 1. The van der Waals surface area contributed by atoms with Crippen LogP contribution >= 0.6 is 12.2 Å². The molecule has 0 fully saturated rings. The number of halogens is 3. The number of benzene rings is 1.